The molecule has 0 bridgehead atoms. The highest BCUT2D eigenvalue weighted by Crippen LogP contribution is 2.14. The molecular formula is C13H17N5O. The molecule has 0 spiro atoms. The number of nitrogens with one attached hydrogen (secondary N) is 2. The molecule has 2 heterocycles. The van der Waals surface area contributed by atoms with Gasteiger partial charge in [-0.1, -0.05) is 0 Å². The predicted molar refractivity (Wildman–Crippen MR) is 74.3 cm³/mol. The van der Waals surface area contributed by atoms with E-state index >= 15 is 0 Å². The zero-order valence-electron chi connectivity index (χ0n) is 11.1. The first-order valence-corrected chi connectivity index (χ1v) is 6.27. The standard InChI is InChI=1S/C13H17N5O/c1-3-14-12-11(6-5-7-15-12)13(19)17-10-8-16-18(4-2)9-10/h5-9H,3-4H2,1-2H3,(H,14,15)(H,17,19). The Balaban J connectivity index is 2.15. The van der Waals surface area contributed by atoms with Gasteiger partial charge < -0.3 is 10.6 Å². The van der Waals surface area contributed by atoms with Crippen molar-refractivity contribution in [3.05, 3.63) is 36.3 Å². The summed E-state index contributed by atoms with van der Waals surface area (Å²) in [5, 5.41) is 9.99. The largest absolute Gasteiger partial charge is 0.370 e. The molecule has 0 aliphatic carbocycles. The van der Waals surface area contributed by atoms with Crippen molar-refractivity contribution in [3.8, 4) is 0 Å². The van der Waals surface area contributed by atoms with E-state index in [0.717, 1.165) is 6.54 Å². The van der Waals surface area contributed by atoms with Gasteiger partial charge in [-0.3, -0.25) is 9.48 Å². The summed E-state index contributed by atoms with van der Waals surface area (Å²) in [4.78, 5) is 16.3. The average Bonchev–Trinajstić information content (AvgIpc) is 2.87. The molecule has 0 aliphatic rings. The van der Waals surface area contributed by atoms with Crippen LogP contribution in [0, 0.1) is 0 Å². The van der Waals surface area contributed by atoms with Gasteiger partial charge in [-0.2, -0.15) is 5.10 Å². The van der Waals surface area contributed by atoms with E-state index in [9.17, 15) is 4.79 Å². The summed E-state index contributed by atoms with van der Waals surface area (Å²) in [6, 6.07) is 3.48. The smallest absolute Gasteiger partial charge is 0.259 e. The van der Waals surface area contributed by atoms with Crippen LogP contribution in [0.1, 0.15) is 24.2 Å². The number of hydrogen-bond donors (Lipinski definition) is 2. The van der Waals surface area contributed by atoms with Gasteiger partial charge in [-0.25, -0.2) is 4.98 Å². The molecule has 0 saturated heterocycles. The van der Waals surface area contributed by atoms with E-state index in [-0.39, 0.29) is 5.91 Å². The van der Waals surface area contributed by atoms with Crippen LogP contribution in [0.4, 0.5) is 11.5 Å². The van der Waals surface area contributed by atoms with E-state index in [1.54, 1.807) is 35.4 Å². The lowest BCUT2D eigenvalue weighted by atomic mass is 10.2. The van der Waals surface area contributed by atoms with E-state index in [1.165, 1.54) is 0 Å². The van der Waals surface area contributed by atoms with Crippen molar-refractivity contribution >= 4 is 17.4 Å². The first-order valence-electron chi connectivity index (χ1n) is 6.27. The first kappa shape index (κ1) is 13.1. The van der Waals surface area contributed by atoms with Crippen LogP contribution in [0.3, 0.4) is 0 Å². The predicted octanol–water partition coefficient (Wildman–Crippen LogP) is 1.98. The lowest BCUT2D eigenvalue weighted by Crippen LogP contribution is -2.15. The summed E-state index contributed by atoms with van der Waals surface area (Å²) in [5.41, 5.74) is 1.20. The quantitative estimate of drug-likeness (QED) is 0.861. The molecule has 0 saturated carbocycles. The Hall–Kier alpha value is -2.37. The van der Waals surface area contributed by atoms with Gasteiger partial charge in [0.1, 0.15) is 5.82 Å². The van der Waals surface area contributed by atoms with Crippen molar-refractivity contribution in [2.75, 3.05) is 17.2 Å². The topological polar surface area (TPSA) is 71.8 Å². The highest BCUT2D eigenvalue weighted by molar-refractivity contribution is 6.07. The molecule has 6 nitrogen and oxygen atoms in total. The third-order valence-corrected chi connectivity index (χ3v) is 2.61. The second-order valence-corrected chi connectivity index (χ2v) is 3.97. The van der Waals surface area contributed by atoms with Crippen molar-refractivity contribution in [1.29, 1.82) is 0 Å². The fraction of sp³-hybridized carbons (Fsp3) is 0.308. The Morgan fingerprint density at radius 1 is 1.42 bits per heavy atom. The molecule has 2 rings (SSSR count). The molecule has 100 valence electrons. The van der Waals surface area contributed by atoms with Gasteiger partial charge in [0.2, 0.25) is 0 Å². The number of anilines is 2. The molecule has 0 unspecified atom stereocenters. The molecule has 2 N–H and O–H groups in total. The minimum Gasteiger partial charge on any atom is -0.370 e. The Labute approximate surface area is 111 Å². The average molecular weight is 259 g/mol. The summed E-state index contributed by atoms with van der Waals surface area (Å²) >= 11 is 0. The molecule has 2 aromatic rings. The zero-order chi connectivity index (χ0) is 13.7. The normalized spacial score (nSPS) is 10.2. The monoisotopic (exact) mass is 259 g/mol. The lowest BCUT2D eigenvalue weighted by Gasteiger charge is -2.08. The van der Waals surface area contributed by atoms with Gasteiger partial charge in [0.05, 0.1) is 17.4 Å². The van der Waals surface area contributed by atoms with Crippen LogP contribution in [-0.4, -0.2) is 27.2 Å². The summed E-state index contributed by atoms with van der Waals surface area (Å²) in [7, 11) is 0. The van der Waals surface area contributed by atoms with Crippen molar-refractivity contribution in [1.82, 2.24) is 14.8 Å². The number of nitrogens with zero attached hydrogens (tertiary/aromatic N) is 3. The summed E-state index contributed by atoms with van der Waals surface area (Å²) < 4.78 is 1.75. The summed E-state index contributed by atoms with van der Waals surface area (Å²) in [6.07, 6.45) is 5.08. The molecule has 0 fully saturated rings. The molecule has 2 aromatic heterocycles. The fourth-order valence-corrected chi connectivity index (χ4v) is 1.70. The maximum absolute atomic E-state index is 12.2. The Morgan fingerprint density at radius 3 is 2.95 bits per heavy atom. The summed E-state index contributed by atoms with van der Waals surface area (Å²) in [6.45, 7) is 5.43. The van der Waals surface area contributed by atoms with Crippen LogP contribution in [-0.2, 0) is 6.54 Å². The first-order chi connectivity index (χ1) is 9.24. The maximum atomic E-state index is 12.2. The Kier molecular flexibility index (Phi) is 4.12. The Morgan fingerprint density at radius 2 is 2.26 bits per heavy atom. The van der Waals surface area contributed by atoms with Gasteiger partial charge in [0, 0.05) is 25.5 Å². The number of carbonyl (C=O) groups excluding carboxylic acids is 1. The van der Waals surface area contributed by atoms with Crippen molar-refractivity contribution in [3.63, 3.8) is 0 Å². The second-order valence-electron chi connectivity index (χ2n) is 3.97. The van der Waals surface area contributed by atoms with E-state index in [0.29, 0.717) is 23.6 Å². The molecule has 0 atom stereocenters. The molecule has 0 radical (unpaired) electrons. The van der Waals surface area contributed by atoms with E-state index in [4.69, 9.17) is 0 Å². The highest BCUT2D eigenvalue weighted by Gasteiger charge is 2.12. The van der Waals surface area contributed by atoms with Crippen LogP contribution in [0.5, 0.6) is 0 Å². The second kappa shape index (κ2) is 5.99. The zero-order valence-corrected chi connectivity index (χ0v) is 11.1. The van der Waals surface area contributed by atoms with Crippen LogP contribution in [0.2, 0.25) is 0 Å². The van der Waals surface area contributed by atoms with Crippen molar-refractivity contribution in [2.24, 2.45) is 0 Å². The SMILES string of the molecule is CCNc1ncccc1C(=O)Nc1cnn(CC)c1. The van der Waals surface area contributed by atoms with E-state index in [2.05, 4.69) is 20.7 Å². The minimum absolute atomic E-state index is 0.195. The summed E-state index contributed by atoms with van der Waals surface area (Å²) in [5.74, 6) is 0.394. The number of rotatable bonds is 5. The van der Waals surface area contributed by atoms with Gasteiger partial charge >= 0.3 is 0 Å². The minimum atomic E-state index is -0.195. The van der Waals surface area contributed by atoms with Gasteiger partial charge in [0.15, 0.2) is 0 Å². The van der Waals surface area contributed by atoms with Gasteiger partial charge in [-0.15, -0.1) is 0 Å². The fourth-order valence-electron chi connectivity index (χ4n) is 1.70. The maximum Gasteiger partial charge on any atom is 0.259 e. The Bertz CT molecular complexity index is 564. The van der Waals surface area contributed by atoms with Gasteiger partial charge in [-0.05, 0) is 26.0 Å². The number of amides is 1. The number of carbonyl (C=O) groups is 1. The van der Waals surface area contributed by atoms with Crippen LogP contribution in [0.15, 0.2) is 30.7 Å². The number of aryl methyl sites for hydroxylation is 1. The van der Waals surface area contributed by atoms with Gasteiger partial charge in [0.25, 0.3) is 5.91 Å². The number of pyridine rings is 1. The molecular weight excluding hydrogens is 242 g/mol. The molecule has 1 amide bonds. The van der Waals surface area contributed by atoms with Crippen molar-refractivity contribution in [2.45, 2.75) is 20.4 Å². The third kappa shape index (κ3) is 3.09. The molecule has 6 heteroatoms. The lowest BCUT2D eigenvalue weighted by molar-refractivity contribution is 0.102. The van der Waals surface area contributed by atoms with E-state index in [1.807, 2.05) is 13.8 Å². The van der Waals surface area contributed by atoms with Crippen LogP contribution in [0.25, 0.3) is 0 Å². The molecule has 19 heavy (non-hydrogen) atoms. The van der Waals surface area contributed by atoms with Crippen molar-refractivity contribution < 1.29 is 4.79 Å². The van der Waals surface area contributed by atoms with E-state index < -0.39 is 0 Å². The molecule has 0 aromatic carbocycles. The number of aromatic nitrogens is 3. The van der Waals surface area contributed by atoms with Crippen LogP contribution >= 0.6 is 0 Å². The highest BCUT2D eigenvalue weighted by atomic mass is 16.1. The van der Waals surface area contributed by atoms with Crippen LogP contribution < -0.4 is 10.6 Å². The number of hydrogen-bond acceptors (Lipinski definition) is 4. The third-order valence-electron chi connectivity index (χ3n) is 2.61. The molecule has 0 aliphatic heterocycles.